The third kappa shape index (κ3) is 3.47. The Morgan fingerprint density at radius 2 is 1.80 bits per heavy atom. The molecular weight excluding hydrogens is 324 g/mol. The molecule has 3 rings (SSSR count). The lowest BCUT2D eigenvalue weighted by molar-refractivity contribution is 0.112. The number of carbonyl (C=O) groups is 3. The molecule has 2 aliphatic rings. The number of nitrogens with one attached hydrogen (secondary N) is 2. The standard InChI is InChI=1S/C17H18N4O4/c1-2-25-17(24)20-11-10-12-8-9-14(20)19-16(23)21(15(22)18-12)13-6-4-3-5-7-13/h3-12,14H,2H2,1H3,(H,18,22)(H,19,23). The zero-order chi connectivity index (χ0) is 17.8. The van der Waals surface area contributed by atoms with E-state index in [4.69, 9.17) is 4.74 Å². The summed E-state index contributed by atoms with van der Waals surface area (Å²) in [5.41, 5.74) is 0.420. The molecule has 0 fully saturated rings. The molecule has 0 aliphatic carbocycles. The summed E-state index contributed by atoms with van der Waals surface area (Å²) in [6.07, 6.45) is 5.11. The van der Waals surface area contributed by atoms with Crippen molar-refractivity contribution in [2.45, 2.75) is 19.1 Å². The fourth-order valence-electron chi connectivity index (χ4n) is 2.55. The molecule has 1 aromatic carbocycles. The van der Waals surface area contributed by atoms with Gasteiger partial charge < -0.3 is 15.4 Å². The maximum absolute atomic E-state index is 12.7. The molecular formula is C17H18N4O4. The van der Waals surface area contributed by atoms with E-state index in [2.05, 4.69) is 10.6 Å². The third-order valence-electron chi connectivity index (χ3n) is 3.72. The van der Waals surface area contributed by atoms with Crippen LogP contribution in [0.4, 0.5) is 20.1 Å². The van der Waals surface area contributed by atoms with Crippen LogP contribution in [0.1, 0.15) is 6.92 Å². The summed E-state index contributed by atoms with van der Waals surface area (Å²) in [6.45, 7) is 1.91. The third-order valence-corrected chi connectivity index (χ3v) is 3.72. The van der Waals surface area contributed by atoms with Crippen molar-refractivity contribution < 1.29 is 19.1 Å². The lowest BCUT2D eigenvalue weighted by atomic mass is 10.2. The Hall–Kier alpha value is -3.29. The van der Waals surface area contributed by atoms with Crippen LogP contribution in [-0.4, -0.2) is 41.9 Å². The van der Waals surface area contributed by atoms with Crippen molar-refractivity contribution in [3.63, 3.8) is 0 Å². The predicted octanol–water partition coefficient (Wildman–Crippen LogP) is 2.16. The van der Waals surface area contributed by atoms with Crippen LogP contribution in [0.5, 0.6) is 0 Å². The first-order valence-electron chi connectivity index (χ1n) is 7.88. The molecule has 1 aromatic rings. The van der Waals surface area contributed by atoms with Gasteiger partial charge in [-0.05, 0) is 31.2 Å². The first-order valence-corrected chi connectivity index (χ1v) is 7.88. The molecule has 0 aromatic heterocycles. The highest BCUT2D eigenvalue weighted by atomic mass is 16.6. The van der Waals surface area contributed by atoms with E-state index in [0.717, 1.165) is 4.90 Å². The quantitative estimate of drug-likeness (QED) is 0.806. The van der Waals surface area contributed by atoms with Gasteiger partial charge in [-0.25, -0.2) is 19.3 Å². The average Bonchev–Trinajstić information content (AvgIpc) is 2.75. The number of anilines is 1. The highest BCUT2D eigenvalue weighted by Gasteiger charge is 2.32. The van der Waals surface area contributed by atoms with Gasteiger partial charge in [-0.15, -0.1) is 0 Å². The summed E-state index contributed by atoms with van der Waals surface area (Å²) >= 11 is 0. The fraction of sp³-hybridized carbons (Fsp3) is 0.235. The normalized spacial score (nSPS) is 22.4. The van der Waals surface area contributed by atoms with Crippen molar-refractivity contribution in [3.05, 3.63) is 54.8 Å². The number of carbonyl (C=O) groups excluding carboxylic acids is 3. The Bertz CT molecular complexity index is 731. The number of hydrogen-bond donors (Lipinski definition) is 2. The molecule has 5 amide bonds. The Kier molecular flexibility index (Phi) is 4.69. The zero-order valence-electron chi connectivity index (χ0n) is 13.6. The molecule has 2 unspecified atom stereocenters. The summed E-state index contributed by atoms with van der Waals surface area (Å²) in [6, 6.07) is 6.87. The highest BCUT2D eigenvalue weighted by molar-refractivity contribution is 6.13. The minimum absolute atomic E-state index is 0.212. The van der Waals surface area contributed by atoms with Crippen LogP contribution >= 0.6 is 0 Å². The van der Waals surface area contributed by atoms with E-state index in [0.29, 0.717) is 5.69 Å². The molecule has 2 N–H and O–H groups in total. The number of imide groups is 1. The second kappa shape index (κ2) is 7.08. The fourth-order valence-corrected chi connectivity index (χ4v) is 2.55. The average molecular weight is 342 g/mol. The number of hydrogen-bond acceptors (Lipinski definition) is 4. The summed E-state index contributed by atoms with van der Waals surface area (Å²) in [7, 11) is 0. The van der Waals surface area contributed by atoms with Gasteiger partial charge in [-0.3, -0.25) is 4.90 Å². The van der Waals surface area contributed by atoms with E-state index in [-0.39, 0.29) is 6.61 Å². The van der Waals surface area contributed by atoms with Gasteiger partial charge in [0.25, 0.3) is 0 Å². The SMILES string of the molecule is CCOC(=O)N1C=CC2C=CC1NC(=O)N(c1ccccc1)C(=O)N2. The molecule has 130 valence electrons. The van der Waals surface area contributed by atoms with Crippen LogP contribution < -0.4 is 15.5 Å². The van der Waals surface area contributed by atoms with Gasteiger partial charge in [0.1, 0.15) is 6.17 Å². The smallest absolute Gasteiger partial charge is 0.415 e. The molecule has 0 radical (unpaired) electrons. The van der Waals surface area contributed by atoms with Gasteiger partial charge in [-0.2, -0.15) is 0 Å². The second-order valence-electron chi connectivity index (χ2n) is 5.37. The molecule has 2 bridgehead atoms. The van der Waals surface area contributed by atoms with Crippen LogP contribution in [0.25, 0.3) is 0 Å². The lowest BCUT2D eigenvalue weighted by Gasteiger charge is -2.29. The van der Waals surface area contributed by atoms with Gasteiger partial charge in [0.2, 0.25) is 0 Å². The largest absolute Gasteiger partial charge is 0.449 e. The van der Waals surface area contributed by atoms with Crippen LogP contribution in [0.15, 0.2) is 54.8 Å². The van der Waals surface area contributed by atoms with Crippen LogP contribution in [0.3, 0.4) is 0 Å². The Balaban J connectivity index is 1.94. The van der Waals surface area contributed by atoms with Crippen molar-refractivity contribution in [1.82, 2.24) is 15.5 Å². The summed E-state index contributed by atoms with van der Waals surface area (Å²) in [5, 5.41) is 5.40. The molecule has 2 heterocycles. The summed E-state index contributed by atoms with van der Waals surface area (Å²) in [4.78, 5) is 39.6. The second-order valence-corrected chi connectivity index (χ2v) is 5.37. The first-order chi connectivity index (χ1) is 12.1. The molecule has 0 saturated heterocycles. The predicted molar refractivity (Wildman–Crippen MR) is 90.7 cm³/mol. The van der Waals surface area contributed by atoms with E-state index < -0.39 is 30.4 Å². The van der Waals surface area contributed by atoms with Crippen LogP contribution in [-0.2, 0) is 4.74 Å². The molecule has 0 saturated carbocycles. The van der Waals surface area contributed by atoms with Crippen molar-refractivity contribution in [3.8, 4) is 0 Å². The van der Waals surface area contributed by atoms with Crippen molar-refractivity contribution in [2.75, 3.05) is 11.5 Å². The van der Waals surface area contributed by atoms with Crippen molar-refractivity contribution >= 4 is 23.8 Å². The number of ether oxygens (including phenoxy) is 1. The van der Waals surface area contributed by atoms with E-state index >= 15 is 0 Å². The van der Waals surface area contributed by atoms with Gasteiger partial charge in [0, 0.05) is 6.20 Å². The topological polar surface area (TPSA) is 91.0 Å². The highest BCUT2D eigenvalue weighted by Crippen LogP contribution is 2.17. The van der Waals surface area contributed by atoms with E-state index in [9.17, 15) is 14.4 Å². The molecule has 8 nitrogen and oxygen atoms in total. The summed E-state index contributed by atoms with van der Waals surface area (Å²) in [5.74, 6) is 0. The Morgan fingerprint density at radius 1 is 1.08 bits per heavy atom. The van der Waals surface area contributed by atoms with E-state index in [1.165, 1.54) is 11.1 Å². The van der Waals surface area contributed by atoms with Gasteiger partial charge in [0.15, 0.2) is 0 Å². The minimum Gasteiger partial charge on any atom is -0.449 e. The maximum Gasteiger partial charge on any atom is 0.415 e. The number of benzene rings is 1. The lowest BCUT2D eigenvalue weighted by Crippen LogP contribution is -2.55. The number of urea groups is 2. The van der Waals surface area contributed by atoms with E-state index in [1.54, 1.807) is 55.5 Å². The van der Waals surface area contributed by atoms with Crippen LogP contribution in [0.2, 0.25) is 0 Å². The maximum atomic E-state index is 12.7. The van der Waals surface area contributed by atoms with Crippen molar-refractivity contribution in [2.24, 2.45) is 0 Å². The van der Waals surface area contributed by atoms with Gasteiger partial charge in [-0.1, -0.05) is 24.3 Å². The molecule has 0 spiro atoms. The first kappa shape index (κ1) is 16.6. The van der Waals surface area contributed by atoms with Crippen molar-refractivity contribution in [1.29, 1.82) is 0 Å². The molecule has 2 atom stereocenters. The Morgan fingerprint density at radius 3 is 2.52 bits per heavy atom. The van der Waals surface area contributed by atoms with E-state index in [1.807, 2.05) is 0 Å². The van der Waals surface area contributed by atoms with Gasteiger partial charge in [0.05, 0.1) is 18.3 Å². The molecule has 8 heteroatoms. The molecule has 2 aliphatic heterocycles. The molecule has 25 heavy (non-hydrogen) atoms. The summed E-state index contributed by atoms with van der Waals surface area (Å²) < 4.78 is 5.02. The van der Waals surface area contributed by atoms with Gasteiger partial charge >= 0.3 is 18.2 Å². The Labute approximate surface area is 144 Å². The number of para-hydroxylation sites is 1. The number of amides is 5. The number of nitrogens with zero attached hydrogens (tertiary/aromatic N) is 2. The monoisotopic (exact) mass is 342 g/mol. The minimum atomic E-state index is -0.772. The number of rotatable bonds is 2. The number of fused-ring (bicyclic) bond motifs is 2. The zero-order valence-corrected chi connectivity index (χ0v) is 13.6. The van der Waals surface area contributed by atoms with Crippen LogP contribution in [0, 0.1) is 0 Å².